The maximum absolute atomic E-state index is 11.4. The van der Waals surface area contributed by atoms with E-state index in [1.807, 2.05) is 0 Å². The molecule has 0 aliphatic carbocycles. The van der Waals surface area contributed by atoms with E-state index in [4.69, 9.17) is 33.8 Å². The summed E-state index contributed by atoms with van der Waals surface area (Å²) in [5.74, 6) is -0.604. The summed E-state index contributed by atoms with van der Waals surface area (Å²) in [7, 11) is 1.04. The molecule has 35 heavy (non-hydrogen) atoms. The third kappa shape index (κ3) is 23.9. The van der Waals surface area contributed by atoms with Crippen LogP contribution in [0.1, 0.15) is 38.5 Å². The van der Waals surface area contributed by atoms with E-state index in [2.05, 4.69) is 30.0 Å². The van der Waals surface area contributed by atoms with Crippen LogP contribution in [0.5, 0.6) is 0 Å². The van der Waals surface area contributed by atoms with Crippen molar-refractivity contribution in [1.29, 1.82) is 0 Å². The zero-order chi connectivity index (χ0) is 26.7. The molecule has 1 fully saturated rings. The Balaban J connectivity index is 0. The molecule has 5 N–H and O–H groups in total. The molecule has 1 rings (SSSR count). The largest absolute Gasteiger partial charge is 0.399 e. The lowest BCUT2D eigenvalue weighted by Crippen LogP contribution is -2.32. The lowest BCUT2D eigenvalue weighted by atomic mass is 10.2. The maximum atomic E-state index is 11.4. The summed E-state index contributed by atoms with van der Waals surface area (Å²) < 4.78 is 4.62. The third-order valence-corrected chi connectivity index (χ3v) is 4.30. The molecule has 0 spiro atoms. The summed E-state index contributed by atoms with van der Waals surface area (Å²) in [5.41, 5.74) is 5.21. The highest BCUT2D eigenvalue weighted by Crippen LogP contribution is 2.13. The Bertz CT molecular complexity index is 600. The highest BCUT2D eigenvalue weighted by molar-refractivity contribution is 7.24. The number of carbonyl (C=O) groups excluding carboxylic acids is 4. The molecule has 1 atom stereocenters. The van der Waals surface area contributed by atoms with Crippen LogP contribution >= 0.6 is 32.2 Å². The molecule has 1 unspecified atom stereocenters. The van der Waals surface area contributed by atoms with E-state index >= 15 is 0 Å². The fourth-order valence-corrected chi connectivity index (χ4v) is 2.52. The fraction of sp³-hybridized carbons (Fsp3) is 0.737. The molecule has 0 saturated carbocycles. The van der Waals surface area contributed by atoms with Crippen LogP contribution in [0.3, 0.4) is 0 Å². The van der Waals surface area contributed by atoms with Crippen molar-refractivity contribution in [1.82, 2.24) is 15.7 Å². The van der Waals surface area contributed by atoms with Gasteiger partial charge >= 0.3 is 5.97 Å². The number of alkyl halides is 2. The van der Waals surface area contributed by atoms with Gasteiger partial charge in [-0.15, -0.1) is 28.3 Å². The Morgan fingerprint density at radius 3 is 2.31 bits per heavy atom. The Morgan fingerprint density at radius 2 is 1.80 bits per heavy atom. The van der Waals surface area contributed by atoms with Crippen LogP contribution in [0.15, 0.2) is 5.16 Å². The van der Waals surface area contributed by atoms with Crippen molar-refractivity contribution in [2.75, 3.05) is 51.7 Å². The van der Waals surface area contributed by atoms with E-state index in [0.717, 1.165) is 13.1 Å². The summed E-state index contributed by atoms with van der Waals surface area (Å²) in [6.07, 6.45) is 2.79. The first-order chi connectivity index (χ1) is 16.9. The van der Waals surface area contributed by atoms with E-state index in [9.17, 15) is 19.2 Å². The SMILES string of the molecule is CO/N=C/CCOPO.ClCCNCCCl.NCCNC(=O)CCCC(=O)ON1C(=O)CCC1=O. The number of amides is 3. The molecule has 3 amide bonds. The second-order valence-corrected chi connectivity index (χ2v) is 7.59. The zero-order valence-electron chi connectivity index (χ0n) is 19.8. The number of hydrogen-bond acceptors (Lipinski definition) is 11. The van der Waals surface area contributed by atoms with Gasteiger partial charge in [0.15, 0.2) is 9.03 Å². The van der Waals surface area contributed by atoms with Crippen molar-refractivity contribution in [3.05, 3.63) is 0 Å². The van der Waals surface area contributed by atoms with Gasteiger partial charge in [0.1, 0.15) is 7.11 Å². The summed E-state index contributed by atoms with van der Waals surface area (Å²) in [6, 6.07) is 0. The molecule has 0 radical (unpaired) electrons. The standard InChI is InChI=1S/C11H17N3O5.C4H9Cl2N.C4H10NO3P/c12-6-7-13-8(15)2-1-3-11(18)19-14-9(16)4-5-10(14)17;5-1-3-7-4-2-6;1-7-5-3-2-4-8-9-6/h1-7,12H2,(H,13,15);7H,1-4H2;3,6,9H,2,4H2,1H3/b;;5-3+. The van der Waals surface area contributed by atoms with Crippen molar-refractivity contribution in [3.8, 4) is 0 Å². The molecule has 204 valence electrons. The number of oxime groups is 1. The van der Waals surface area contributed by atoms with E-state index < -0.39 is 26.8 Å². The number of rotatable bonds is 16. The van der Waals surface area contributed by atoms with Gasteiger partial charge in [0.25, 0.3) is 11.8 Å². The smallest absolute Gasteiger partial charge is 0.333 e. The van der Waals surface area contributed by atoms with Crippen molar-refractivity contribution in [2.45, 2.75) is 38.5 Å². The molecule has 1 aliphatic rings. The van der Waals surface area contributed by atoms with E-state index in [0.29, 0.717) is 42.9 Å². The average Bonchev–Trinajstić information content (AvgIpc) is 3.16. The van der Waals surface area contributed by atoms with Gasteiger partial charge in [-0.05, 0) is 6.42 Å². The number of hydroxylamine groups is 2. The number of nitrogens with one attached hydrogen (secondary N) is 2. The van der Waals surface area contributed by atoms with Gasteiger partial charge in [-0.3, -0.25) is 14.4 Å². The molecule has 0 aromatic heterocycles. The number of carbonyl (C=O) groups is 4. The molecule has 1 saturated heterocycles. The van der Waals surface area contributed by atoms with Crippen molar-refractivity contribution < 1.29 is 38.3 Å². The topological polar surface area (TPSA) is 182 Å². The van der Waals surface area contributed by atoms with Gasteiger partial charge in [-0.25, -0.2) is 4.79 Å². The van der Waals surface area contributed by atoms with Gasteiger partial charge in [-0.1, -0.05) is 5.16 Å². The molecule has 0 bridgehead atoms. The summed E-state index contributed by atoms with van der Waals surface area (Å²) in [6.45, 7) is 2.94. The lowest BCUT2D eigenvalue weighted by Gasteiger charge is -2.12. The minimum atomic E-state index is -0.699. The van der Waals surface area contributed by atoms with Gasteiger partial charge in [0.05, 0.1) is 6.61 Å². The molecule has 0 aromatic carbocycles. The fourth-order valence-electron chi connectivity index (χ4n) is 2.04. The Hall–Kier alpha value is -1.60. The minimum Gasteiger partial charge on any atom is -0.399 e. The Labute approximate surface area is 217 Å². The van der Waals surface area contributed by atoms with Gasteiger partial charge in [0, 0.05) is 76.3 Å². The van der Waals surface area contributed by atoms with E-state index in [-0.39, 0.29) is 38.0 Å². The monoisotopic (exact) mass is 563 g/mol. The molecule has 1 heterocycles. The van der Waals surface area contributed by atoms with Crippen molar-refractivity contribution in [3.63, 3.8) is 0 Å². The zero-order valence-corrected chi connectivity index (χ0v) is 22.3. The number of halogens is 2. The maximum Gasteiger partial charge on any atom is 0.333 e. The number of imide groups is 1. The summed E-state index contributed by atoms with van der Waals surface area (Å²) in [5, 5.41) is 9.54. The second-order valence-electron chi connectivity index (χ2n) is 6.36. The summed E-state index contributed by atoms with van der Waals surface area (Å²) in [4.78, 5) is 62.1. The van der Waals surface area contributed by atoms with Gasteiger partial charge < -0.3 is 35.5 Å². The molecule has 16 heteroatoms. The Morgan fingerprint density at radius 1 is 1.17 bits per heavy atom. The predicted molar refractivity (Wildman–Crippen MR) is 134 cm³/mol. The van der Waals surface area contributed by atoms with Gasteiger partial charge in [0.2, 0.25) is 5.91 Å². The first kappa shape index (κ1) is 35.6. The van der Waals surface area contributed by atoms with E-state index in [1.165, 1.54) is 7.11 Å². The first-order valence-corrected chi connectivity index (χ1v) is 12.7. The van der Waals surface area contributed by atoms with Crippen LogP contribution < -0.4 is 16.4 Å². The quantitative estimate of drug-likeness (QED) is 0.0512. The van der Waals surface area contributed by atoms with Crippen LogP contribution in [-0.2, 0) is 33.4 Å². The lowest BCUT2D eigenvalue weighted by molar-refractivity contribution is -0.197. The molecule has 0 aromatic rings. The minimum absolute atomic E-state index is 0.0346. The van der Waals surface area contributed by atoms with Crippen molar-refractivity contribution in [2.24, 2.45) is 10.9 Å². The number of nitrogens with zero attached hydrogens (tertiary/aromatic N) is 2. The molecule has 1 aliphatic heterocycles. The first-order valence-electron chi connectivity index (χ1n) is 10.8. The number of hydrogen-bond donors (Lipinski definition) is 4. The molecular formula is C19H36Cl2N5O8P. The van der Waals surface area contributed by atoms with Crippen LogP contribution in [0.25, 0.3) is 0 Å². The van der Waals surface area contributed by atoms with E-state index in [1.54, 1.807) is 6.21 Å². The molecular weight excluding hydrogens is 528 g/mol. The summed E-state index contributed by atoms with van der Waals surface area (Å²) >= 11 is 10.7. The third-order valence-electron chi connectivity index (χ3n) is 3.59. The normalized spacial score (nSPS) is 12.9. The van der Waals surface area contributed by atoms with Crippen LogP contribution in [0.2, 0.25) is 0 Å². The van der Waals surface area contributed by atoms with Crippen molar-refractivity contribution >= 4 is 62.1 Å². The Kier molecular flexibility index (Phi) is 27.4. The predicted octanol–water partition coefficient (Wildman–Crippen LogP) is 0.419. The highest BCUT2D eigenvalue weighted by Gasteiger charge is 2.32. The molecule has 13 nitrogen and oxygen atoms in total. The van der Waals surface area contributed by atoms with Crippen LogP contribution in [0, 0.1) is 0 Å². The number of nitrogens with two attached hydrogens (primary N) is 1. The highest BCUT2D eigenvalue weighted by atomic mass is 35.5. The average molecular weight is 564 g/mol. The second kappa shape index (κ2) is 27.0. The van der Waals surface area contributed by atoms with Gasteiger partial charge in [-0.2, -0.15) is 0 Å². The van der Waals surface area contributed by atoms with Crippen LogP contribution in [-0.4, -0.2) is 91.5 Å². The van der Waals surface area contributed by atoms with Crippen LogP contribution in [0.4, 0.5) is 0 Å².